The molecule has 0 spiro atoms. The molecule has 1 saturated heterocycles. The Hall–Kier alpha value is -0.540. The second kappa shape index (κ2) is 4.54. The van der Waals surface area contributed by atoms with E-state index in [1.54, 1.807) is 0 Å². The van der Waals surface area contributed by atoms with E-state index < -0.39 is 0 Å². The standard InChI is InChI=1S/C12H16FNS/c1-9-8-10(15-13)5-6-11(9)12-4-3-7-14(12)2/h5-6,8,12H,3-4,7H2,1-2H3. The molecule has 1 aliphatic rings. The zero-order chi connectivity index (χ0) is 10.8. The Morgan fingerprint density at radius 1 is 1.47 bits per heavy atom. The van der Waals surface area contributed by atoms with Crippen LogP contribution in [-0.4, -0.2) is 18.5 Å². The summed E-state index contributed by atoms with van der Waals surface area (Å²) in [6, 6.07) is 6.42. The van der Waals surface area contributed by atoms with Gasteiger partial charge in [0.1, 0.15) is 0 Å². The van der Waals surface area contributed by atoms with Crippen LogP contribution in [0.15, 0.2) is 23.1 Å². The van der Waals surface area contributed by atoms with E-state index >= 15 is 0 Å². The number of nitrogens with zero attached hydrogens (tertiary/aromatic N) is 1. The van der Waals surface area contributed by atoms with Gasteiger partial charge in [0.25, 0.3) is 0 Å². The van der Waals surface area contributed by atoms with Gasteiger partial charge in [0.15, 0.2) is 0 Å². The smallest absolute Gasteiger partial charge is 0.0812 e. The summed E-state index contributed by atoms with van der Waals surface area (Å²) >= 11 is 0.321. The summed E-state index contributed by atoms with van der Waals surface area (Å²) in [5.41, 5.74) is 2.56. The SMILES string of the molecule is Cc1cc(SF)ccc1C1CCCN1C. The van der Waals surface area contributed by atoms with Crippen molar-refractivity contribution in [3.05, 3.63) is 29.3 Å². The van der Waals surface area contributed by atoms with Crippen molar-refractivity contribution in [1.82, 2.24) is 4.90 Å². The van der Waals surface area contributed by atoms with Crippen molar-refractivity contribution < 1.29 is 3.89 Å². The molecule has 1 aromatic rings. The molecule has 0 aliphatic carbocycles. The highest BCUT2D eigenvalue weighted by atomic mass is 32.2. The number of benzene rings is 1. The number of hydrogen-bond donors (Lipinski definition) is 0. The van der Waals surface area contributed by atoms with Crippen molar-refractivity contribution in [1.29, 1.82) is 0 Å². The Bertz CT molecular complexity index is 353. The van der Waals surface area contributed by atoms with Crippen molar-refractivity contribution >= 4 is 12.1 Å². The Balaban J connectivity index is 2.28. The Morgan fingerprint density at radius 2 is 2.27 bits per heavy atom. The van der Waals surface area contributed by atoms with Crippen LogP contribution in [0, 0.1) is 6.92 Å². The molecule has 0 saturated carbocycles. The van der Waals surface area contributed by atoms with Gasteiger partial charge in [0.05, 0.1) is 12.1 Å². The molecule has 0 aromatic heterocycles. The molecule has 1 nitrogen and oxygen atoms in total. The Labute approximate surface area is 95.0 Å². The first-order chi connectivity index (χ1) is 7.22. The van der Waals surface area contributed by atoms with Gasteiger partial charge in [-0.1, -0.05) is 6.07 Å². The maximum absolute atomic E-state index is 12.4. The molecule has 0 amide bonds. The van der Waals surface area contributed by atoms with Gasteiger partial charge in [0, 0.05) is 10.9 Å². The number of rotatable bonds is 2. The predicted molar refractivity (Wildman–Crippen MR) is 62.7 cm³/mol. The summed E-state index contributed by atoms with van der Waals surface area (Å²) in [6.07, 6.45) is 2.49. The summed E-state index contributed by atoms with van der Waals surface area (Å²) in [4.78, 5) is 3.09. The van der Waals surface area contributed by atoms with E-state index in [1.807, 2.05) is 12.1 Å². The fourth-order valence-electron chi connectivity index (χ4n) is 2.37. The van der Waals surface area contributed by atoms with Crippen LogP contribution in [0.2, 0.25) is 0 Å². The second-order valence-electron chi connectivity index (χ2n) is 4.23. The molecule has 1 heterocycles. The second-order valence-corrected chi connectivity index (χ2v) is 4.86. The quantitative estimate of drug-likeness (QED) is 0.754. The predicted octanol–water partition coefficient (Wildman–Crippen LogP) is 3.74. The third-order valence-corrected chi connectivity index (χ3v) is 3.64. The molecule has 15 heavy (non-hydrogen) atoms. The van der Waals surface area contributed by atoms with Crippen LogP contribution in [0.25, 0.3) is 0 Å². The fourth-order valence-corrected chi connectivity index (χ4v) is 2.71. The highest BCUT2D eigenvalue weighted by Gasteiger charge is 2.23. The van der Waals surface area contributed by atoms with Crippen LogP contribution in [0.1, 0.15) is 30.0 Å². The number of halogens is 1. The molecule has 1 unspecified atom stereocenters. The monoisotopic (exact) mass is 225 g/mol. The van der Waals surface area contributed by atoms with Gasteiger partial charge in [-0.3, -0.25) is 4.90 Å². The number of aryl methyl sites for hydroxylation is 1. The average molecular weight is 225 g/mol. The third kappa shape index (κ3) is 2.18. The van der Waals surface area contributed by atoms with Crippen LogP contribution in [-0.2, 0) is 0 Å². The molecular weight excluding hydrogens is 209 g/mol. The summed E-state index contributed by atoms with van der Waals surface area (Å²) in [5, 5.41) is 0. The molecular formula is C12H16FNS. The van der Waals surface area contributed by atoms with Crippen LogP contribution >= 0.6 is 12.1 Å². The summed E-state index contributed by atoms with van der Waals surface area (Å²) in [6.45, 7) is 3.24. The first kappa shape index (κ1) is 11.0. The van der Waals surface area contributed by atoms with Gasteiger partial charge < -0.3 is 0 Å². The highest BCUT2D eigenvalue weighted by Crippen LogP contribution is 2.33. The molecule has 1 atom stereocenters. The summed E-state index contributed by atoms with van der Waals surface area (Å²) in [5.74, 6) is 0. The van der Waals surface area contributed by atoms with E-state index in [4.69, 9.17) is 0 Å². The van der Waals surface area contributed by atoms with Gasteiger partial charge in [-0.15, -0.1) is 0 Å². The van der Waals surface area contributed by atoms with Gasteiger partial charge in [-0.05, 0) is 56.6 Å². The summed E-state index contributed by atoms with van der Waals surface area (Å²) in [7, 11) is 2.16. The lowest BCUT2D eigenvalue weighted by Gasteiger charge is -2.21. The lowest BCUT2D eigenvalue weighted by atomic mass is 10.00. The Kier molecular flexibility index (Phi) is 3.32. The first-order valence-corrected chi connectivity index (χ1v) is 6.03. The minimum Gasteiger partial charge on any atom is -0.299 e. The molecule has 1 fully saturated rings. The van der Waals surface area contributed by atoms with Crippen molar-refractivity contribution in [3.8, 4) is 0 Å². The first-order valence-electron chi connectivity index (χ1n) is 5.32. The molecule has 2 rings (SSSR count). The van der Waals surface area contributed by atoms with Gasteiger partial charge >= 0.3 is 0 Å². The van der Waals surface area contributed by atoms with Gasteiger partial charge in [-0.25, -0.2) is 0 Å². The molecule has 82 valence electrons. The van der Waals surface area contributed by atoms with Crippen molar-refractivity contribution in [2.24, 2.45) is 0 Å². The molecule has 0 radical (unpaired) electrons. The van der Waals surface area contributed by atoms with E-state index in [0.717, 1.165) is 0 Å². The third-order valence-electron chi connectivity index (χ3n) is 3.21. The topological polar surface area (TPSA) is 3.24 Å². The zero-order valence-electron chi connectivity index (χ0n) is 9.16. The van der Waals surface area contributed by atoms with Gasteiger partial charge in [0.2, 0.25) is 0 Å². The highest BCUT2D eigenvalue weighted by molar-refractivity contribution is 7.94. The Morgan fingerprint density at radius 3 is 2.80 bits per heavy atom. The normalized spacial score (nSPS) is 22.2. The average Bonchev–Trinajstić information content (AvgIpc) is 2.64. The minimum atomic E-state index is 0.321. The molecule has 3 heteroatoms. The number of hydrogen-bond acceptors (Lipinski definition) is 2. The van der Waals surface area contributed by atoms with Crippen LogP contribution in [0.4, 0.5) is 3.89 Å². The molecule has 0 bridgehead atoms. The molecule has 1 aliphatic heterocycles. The van der Waals surface area contributed by atoms with E-state index in [2.05, 4.69) is 24.9 Å². The largest absolute Gasteiger partial charge is 0.299 e. The van der Waals surface area contributed by atoms with Crippen molar-refractivity contribution in [3.63, 3.8) is 0 Å². The van der Waals surface area contributed by atoms with Crippen LogP contribution in [0.3, 0.4) is 0 Å². The van der Waals surface area contributed by atoms with Crippen molar-refractivity contribution in [2.45, 2.75) is 30.7 Å². The lowest BCUT2D eigenvalue weighted by Crippen LogP contribution is -2.18. The van der Waals surface area contributed by atoms with E-state index in [1.165, 1.54) is 30.5 Å². The van der Waals surface area contributed by atoms with Crippen LogP contribution < -0.4 is 0 Å². The van der Waals surface area contributed by atoms with E-state index in [0.29, 0.717) is 23.1 Å². The van der Waals surface area contributed by atoms with Crippen LogP contribution in [0.5, 0.6) is 0 Å². The number of likely N-dealkylation sites (tertiary alicyclic amines) is 1. The maximum Gasteiger partial charge on any atom is 0.0812 e. The summed E-state index contributed by atoms with van der Waals surface area (Å²) < 4.78 is 12.4. The van der Waals surface area contributed by atoms with E-state index in [-0.39, 0.29) is 0 Å². The maximum atomic E-state index is 12.4. The fraction of sp³-hybridized carbons (Fsp3) is 0.500. The van der Waals surface area contributed by atoms with E-state index in [9.17, 15) is 3.89 Å². The minimum absolute atomic E-state index is 0.321. The van der Waals surface area contributed by atoms with Gasteiger partial charge in [-0.2, -0.15) is 3.89 Å². The van der Waals surface area contributed by atoms with Crippen molar-refractivity contribution in [2.75, 3.05) is 13.6 Å². The lowest BCUT2D eigenvalue weighted by molar-refractivity contribution is 0.316. The molecule has 0 N–H and O–H groups in total. The molecule has 1 aromatic carbocycles. The zero-order valence-corrected chi connectivity index (χ0v) is 9.98.